The van der Waals surface area contributed by atoms with E-state index < -0.39 is 17.9 Å². The summed E-state index contributed by atoms with van der Waals surface area (Å²) in [5.41, 5.74) is 10.1. The summed E-state index contributed by atoms with van der Waals surface area (Å²) in [6.45, 7) is 5.20. The number of carboxylic acid groups (broad SMARTS) is 3. The number of carboxylic acids is 3. The maximum Gasteiger partial charge on any atom is 0.300 e. The van der Waals surface area contributed by atoms with Crippen LogP contribution in [0.5, 0.6) is 0 Å². The maximum atomic E-state index is 9.00. The third-order valence-electron chi connectivity index (χ3n) is 0.471. The highest BCUT2D eigenvalue weighted by atomic mass is 16.4. The Bertz CT molecular complexity index is 165. The van der Waals surface area contributed by atoms with Crippen molar-refractivity contribution in [3.63, 3.8) is 0 Å². The lowest BCUT2D eigenvalue weighted by molar-refractivity contribution is -0.135. The summed E-state index contributed by atoms with van der Waals surface area (Å²) >= 11 is 0. The number of hydrogen-bond donors (Lipinski definition) is 5. The van der Waals surface area contributed by atoms with Gasteiger partial charge in [-0.3, -0.25) is 14.4 Å². The Balaban J connectivity index is -0.0000000667. The number of aliphatic carboxylic acids is 3. The second-order valence-electron chi connectivity index (χ2n) is 2.63. The van der Waals surface area contributed by atoms with Gasteiger partial charge in [-0.2, -0.15) is 0 Å². The van der Waals surface area contributed by atoms with Gasteiger partial charge in [-0.15, -0.1) is 0 Å². The molecular formula is C9H22N2O6. The van der Waals surface area contributed by atoms with Gasteiger partial charge < -0.3 is 26.8 Å². The van der Waals surface area contributed by atoms with E-state index in [1.165, 1.54) is 0 Å². The molecule has 0 unspecified atom stereocenters. The molecule has 0 aliphatic rings. The molecule has 0 amide bonds. The van der Waals surface area contributed by atoms with Gasteiger partial charge in [-0.1, -0.05) is 6.92 Å². The zero-order chi connectivity index (χ0) is 15.0. The first-order chi connectivity index (χ1) is 7.47. The van der Waals surface area contributed by atoms with Crippen LogP contribution in [0.25, 0.3) is 0 Å². The Kier molecular flexibility index (Phi) is 28.6. The molecule has 0 saturated carbocycles. The zero-order valence-electron chi connectivity index (χ0n) is 10.5. The summed E-state index contributed by atoms with van der Waals surface area (Å²) in [5, 5.41) is 22.2. The molecule has 0 aromatic carbocycles. The average Bonchev–Trinajstić information content (AvgIpc) is 2.00. The molecule has 0 aromatic heterocycles. The number of hydrogen-bond acceptors (Lipinski definition) is 5. The van der Waals surface area contributed by atoms with Gasteiger partial charge >= 0.3 is 0 Å². The molecule has 0 aliphatic carbocycles. The monoisotopic (exact) mass is 254 g/mol. The normalized spacial score (nSPS) is 7.24. The van der Waals surface area contributed by atoms with Crippen LogP contribution in [0.2, 0.25) is 0 Å². The van der Waals surface area contributed by atoms with Crippen molar-refractivity contribution >= 4 is 17.9 Å². The molecular weight excluding hydrogens is 232 g/mol. The number of nitrogens with two attached hydrogens (primary N) is 2. The molecule has 0 saturated heterocycles. The van der Waals surface area contributed by atoms with Crippen molar-refractivity contribution in [2.24, 2.45) is 11.5 Å². The third kappa shape index (κ3) is 20000. The van der Waals surface area contributed by atoms with Gasteiger partial charge in [-0.25, -0.2) is 0 Å². The van der Waals surface area contributed by atoms with Crippen molar-refractivity contribution in [3.05, 3.63) is 0 Å². The fourth-order valence-corrected chi connectivity index (χ4v) is 0. The van der Waals surface area contributed by atoms with Crippen LogP contribution in [0.15, 0.2) is 0 Å². The van der Waals surface area contributed by atoms with Gasteiger partial charge in [-0.05, 0) is 6.42 Å². The van der Waals surface area contributed by atoms with E-state index in [0.717, 1.165) is 27.2 Å². The van der Waals surface area contributed by atoms with E-state index in [1.807, 2.05) is 6.92 Å². The predicted octanol–water partition coefficient (Wildman–Crippen LogP) is -0.0874. The molecule has 104 valence electrons. The zero-order valence-corrected chi connectivity index (χ0v) is 10.5. The maximum absolute atomic E-state index is 9.00. The van der Waals surface area contributed by atoms with Crippen LogP contribution in [0, 0.1) is 0 Å². The SMILES string of the molecule is CC(=O)O.CC(=O)O.CC(=O)O.CCC(N)N. The highest BCUT2D eigenvalue weighted by molar-refractivity contribution is 5.63. The fourth-order valence-electron chi connectivity index (χ4n) is 0. The summed E-state index contributed by atoms with van der Waals surface area (Å²) in [5.74, 6) is -2.50. The van der Waals surface area contributed by atoms with Gasteiger partial charge in [0.1, 0.15) is 0 Å². The van der Waals surface area contributed by atoms with Crippen molar-refractivity contribution in [3.8, 4) is 0 Å². The van der Waals surface area contributed by atoms with Crippen molar-refractivity contribution in [1.29, 1.82) is 0 Å². The fraction of sp³-hybridized carbons (Fsp3) is 0.667. The summed E-state index contributed by atoms with van der Waals surface area (Å²) in [6, 6.07) is 0. The molecule has 0 aliphatic heterocycles. The summed E-state index contributed by atoms with van der Waals surface area (Å²) in [7, 11) is 0. The van der Waals surface area contributed by atoms with Gasteiger partial charge in [0.2, 0.25) is 0 Å². The molecule has 17 heavy (non-hydrogen) atoms. The molecule has 0 aromatic rings. The van der Waals surface area contributed by atoms with E-state index in [1.54, 1.807) is 0 Å². The molecule has 0 rings (SSSR count). The van der Waals surface area contributed by atoms with Gasteiger partial charge in [0.05, 0.1) is 6.17 Å². The topological polar surface area (TPSA) is 164 Å². The largest absolute Gasteiger partial charge is 0.481 e. The quantitative estimate of drug-likeness (QED) is 0.405. The number of rotatable bonds is 1. The van der Waals surface area contributed by atoms with Crippen LogP contribution in [-0.2, 0) is 14.4 Å². The highest BCUT2D eigenvalue weighted by Crippen LogP contribution is 1.68. The van der Waals surface area contributed by atoms with Crippen molar-refractivity contribution in [2.45, 2.75) is 40.3 Å². The summed E-state index contributed by atoms with van der Waals surface area (Å²) in [4.78, 5) is 27.0. The van der Waals surface area contributed by atoms with E-state index in [2.05, 4.69) is 0 Å². The Labute approximate surface area is 100 Å². The van der Waals surface area contributed by atoms with Crippen LogP contribution in [0.3, 0.4) is 0 Å². The van der Waals surface area contributed by atoms with Gasteiger partial charge in [0.15, 0.2) is 0 Å². The van der Waals surface area contributed by atoms with Crippen LogP contribution in [-0.4, -0.2) is 39.4 Å². The minimum Gasteiger partial charge on any atom is -0.481 e. The Morgan fingerprint density at radius 3 is 0.941 bits per heavy atom. The second kappa shape index (κ2) is 19.8. The van der Waals surface area contributed by atoms with Crippen molar-refractivity contribution in [1.82, 2.24) is 0 Å². The van der Waals surface area contributed by atoms with E-state index in [-0.39, 0.29) is 6.17 Å². The van der Waals surface area contributed by atoms with Crippen LogP contribution < -0.4 is 11.5 Å². The minimum atomic E-state index is -0.833. The lowest BCUT2D eigenvalue weighted by Crippen LogP contribution is -2.28. The summed E-state index contributed by atoms with van der Waals surface area (Å²) in [6.07, 6.45) is 0.745. The van der Waals surface area contributed by atoms with Crippen molar-refractivity contribution in [2.75, 3.05) is 0 Å². The minimum absolute atomic E-state index is 0.116. The van der Waals surface area contributed by atoms with Gasteiger partial charge in [0, 0.05) is 20.8 Å². The van der Waals surface area contributed by atoms with Gasteiger partial charge in [0.25, 0.3) is 17.9 Å². The van der Waals surface area contributed by atoms with E-state index in [9.17, 15) is 0 Å². The smallest absolute Gasteiger partial charge is 0.300 e. The van der Waals surface area contributed by atoms with Crippen LogP contribution in [0.4, 0.5) is 0 Å². The molecule has 0 spiro atoms. The lowest BCUT2D eigenvalue weighted by Gasteiger charge is -1.92. The van der Waals surface area contributed by atoms with Crippen molar-refractivity contribution < 1.29 is 29.7 Å². The first-order valence-corrected chi connectivity index (χ1v) is 4.57. The standard InChI is InChI=1S/C3H10N2.3C2H4O2/c1-2-3(4)5;3*1-2(3)4/h3H,2,4-5H2,1H3;3*1H3,(H,3,4). The molecule has 7 N–H and O–H groups in total. The Hall–Kier alpha value is -1.67. The molecule has 0 bridgehead atoms. The molecule has 0 radical (unpaired) electrons. The lowest BCUT2D eigenvalue weighted by atomic mass is 10.4. The summed E-state index contributed by atoms with van der Waals surface area (Å²) < 4.78 is 0. The van der Waals surface area contributed by atoms with Crippen LogP contribution >= 0.6 is 0 Å². The molecule has 0 fully saturated rings. The van der Waals surface area contributed by atoms with E-state index in [4.69, 9.17) is 41.2 Å². The van der Waals surface area contributed by atoms with E-state index >= 15 is 0 Å². The first-order valence-electron chi connectivity index (χ1n) is 4.57. The molecule has 8 nitrogen and oxygen atoms in total. The second-order valence-corrected chi connectivity index (χ2v) is 2.63. The highest BCUT2D eigenvalue weighted by Gasteiger charge is 1.79. The number of carbonyl (C=O) groups is 3. The van der Waals surface area contributed by atoms with E-state index in [0.29, 0.717) is 0 Å². The first kappa shape index (κ1) is 24.5. The average molecular weight is 254 g/mol. The molecule has 8 heteroatoms. The predicted molar refractivity (Wildman–Crippen MR) is 62.4 cm³/mol. The Morgan fingerprint density at radius 1 is 0.882 bits per heavy atom. The third-order valence-corrected chi connectivity index (χ3v) is 0.471. The molecule has 0 heterocycles. The van der Waals surface area contributed by atoms with Crippen LogP contribution in [0.1, 0.15) is 34.1 Å². The Morgan fingerprint density at radius 2 is 0.941 bits per heavy atom. The molecule has 0 atom stereocenters.